The van der Waals surface area contributed by atoms with Crippen molar-refractivity contribution < 1.29 is 9.13 Å². The Bertz CT molecular complexity index is 587. The van der Waals surface area contributed by atoms with Crippen molar-refractivity contribution >= 4 is 15.9 Å². The van der Waals surface area contributed by atoms with Gasteiger partial charge in [0.15, 0.2) is 5.75 Å². The van der Waals surface area contributed by atoms with E-state index in [1.807, 2.05) is 0 Å². The van der Waals surface area contributed by atoms with Crippen LogP contribution in [0.2, 0.25) is 0 Å². The molecule has 0 fully saturated rings. The first-order valence-electron chi connectivity index (χ1n) is 5.56. The zero-order chi connectivity index (χ0) is 14.0. The van der Waals surface area contributed by atoms with E-state index < -0.39 is 6.04 Å². The summed E-state index contributed by atoms with van der Waals surface area (Å²) in [5.41, 5.74) is 4.06. The van der Waals surface area contributed by atoms with Crippen molar-refractivity contribution in [3.63, 3.8) is 0 Å². The van der Waals surface area contributed by atoms with Crippen LogP contribution < -0.4 is 16.0 Å². The molecule has 2 aromatic rings. The van der Waals surface area contributed by atoms with Crippen molar-refractivity contribution in [1.29, 1.82) is 0 Å². The molecule has 1 aromatic carbocycles. The van der Waals surface area contributed by atoms with Gasteiger partial charge in [-0.3, -0.25) is 10.5 Å². The monoisotopic (exact) mass is 328 g/mol. The average Bonchev–Trinajstić information content (AvgIpc) is 2.77. The van der Waals surface area contributed by atoms with Crippen LogP contribution in [0.3, 0.4) is 0 Å². The summed E-state index contributed by atoms with van der Waals surface area (Å²) in [6.07, 6.45) is 1.59. The van der Waals surface area contributed by atoms with E-state index in [-0.39, 0.29) is 5.82 Å². The van der Waals surface area contributed by atoms with E-state index in [1.165, 1.54) is 6.07 Å². The summed E-state index contributed by atoms with van der Waals surface area (Å²) in [5.74, 6) is 5.85. The fourth-order valence-corrected chi connectivity index (χ4v) is 2.47. The lowest BCUT2D eigenvalue weighted by atomic mass is 10.0. The van der Waals surface area contributed by atoms with Crippen molar-refractivity contribution in [3.8, 4) is 5.75 Å². The fraction of sp³-hybridized carbons (Fsp3) is 0.250. The maximum absolute atomic E-state index is 13.6. The van der Waals surface area contributed by atoms with E-state index in [4.69, 9.17) is 10.6 Å². The Morgan fingerprint density at radius 1 is 1.53 bits per heavy atom. The van der Waals surface area contributed by atoms with E-state index in [9.17, 15) is 4.39 Å². The summed E-state index contributed by atoms with van der Waals surface area (Å²) in [5, 5.41) is 4.12. The van der Waals surface area contributed by atoms with Crippen molar-refractivity contribution in [2.75, 3.05) is 7.11 Å². The Morgan fingerprint density at radius 3 is 2.89 bits per heavy atom. The molecule has 1 heterocycles. The minimum absolute atomic E-state index is 0.348. The maximum atomic E-state index is 13.6. The number of ether oxygens (including phenoxy) is 1. The van der Waals surface area contributed by atoms with Gasteiger partial charge < -0.3 is 4.74 Å². The molecule has 0 aliphatic carbocycles. The van der Waals surface area contributed by atoms with Crippen LogP contribution in [-0.4, -0.2) is 16.9 Å². The number of nitrogens with two attached hydrogens (primary N) is 1. The second kappa shape index (κ2) is 5.68. The predicted molar refractivity (Wildman–Crippen MR) is 73.0 cm³/mol. The molecule has 0 spiro atoms. The smallest absolute Gasteiger partial charge is 0.161 e. The molecule has 0 amide bonds. The minimum Gasteiger partial charge on any atom is -0.493 e. The number of hydrogen-bond acceptors (Lipinski definition) is 4. The van der Waals surface area contributed by atoms with Gasteiger partial charge in [-0.05, 0) is 27.6 Å². The molecule has 0 saturated carbocycles. The van der Waals surface area contributed by atoms with E-state index in [0.29, 0.717) is 15.8 Å². The predicted octanol–water partition coefficient (Wildman–Crippen LogP) is 1.88. The summed E-state index contributed by atoms with van der Waals surface area (Å²) < 4.78 is 20.9. The number of hydrazine groups is 1. The quantitative estimate of drug-likeness (QED) is 0.664. The van der Waals surface area contributed by atoms with Crippen molar-refractivity contribution in [2.45, 2.75) is 6.04 Å². The number of hydrogen-bond donors (Lipinski definition) is 2. The third-order valence-corrected chi connectivity index (χ3v) is 3.74. The third kappa shape index (κ3) is 2.49. The Morgan fingerprint density at radius 2 is 2.26 bits per heavy atom. The van der Waals surface area contributed by atoms with Crippen LogP contribution in [0, 0.1) is 5.82 Å². The van der Waals surface area contributed by atoms with Crippen molar-refractivity contribution in [2.24, 2.45) is 12.9 Å². The molecule has 3 N–H and O–H groups in total. The Balaban J connectivity index is 2.56. The van der Waals surface area contributed by atoms with Gasteiger partial charge in [-0.2, -0.15) is 5.10 Å². The zero-order valence-electron chi connectivity index (χ0n) is 10.5. The highest BCUT2D eigenvalue weighted by atomic mass is 79.9. The Labute approximate surface area is 118 Å². The molecule has 0 saturated heterocycles. The lowest BCUT2D eigenvalue weighted by Gasteiger charge is -2.19. The van der Waals surface area contributed by atoms with E-state index in [1.54, 1.807) is 37.2 Å². The first-order valence-corrected chi connectivity index (χ1v) is 6.35. The van der Waals surface area contributed by atoms with Crippen molar-refractivity contribution in [1.82, 2.24) is 15.2 Å². The molecule has 102 valence electrons. The third-order valence-electron chi connectivity index (χ3n) is 2.90. The molecule has 7 heteroatoms. The first-order chi connectivity index (χ1) is 9.10. The van der Waals surface area contributed by atoms with Crippen LogP contribution in [0.25, 0.3) is 0 Å². The van der Waals surface area contributed by atoms with Gasteiger partial charge in [-0.15, -0.1) is 0 Å². The van der Waals surface area contributed by atoms with Crippen molar-refractivity contribution in [3.05, 3.63) is 45.9 Å². The summed E-state index contributed by atoms with van der Waals surface area (Å²) >= 11 is 3.24. The topological polar surface area (TPSA) is 65.1 Å². The van der Waals surface area contributed by atoms with Gasteiger partial charge in [0.05, 0.1) is 23.8 Å². The zero-order valence-corrected chi connectivity index (χ0v) is 12.1. The molecule has 0 radical (unpaired) electrons. The molecule has 19 heavy (non-hydrogen) atoms. The van der Waals surface area contributed by atoms with Gasteiger partial charge in [-0.1, -0.05) is 12.1 Å². The molecule has 1 unspecified atom stereocenters. The highest BCUT2D eigenvalue weighted by molar-refractivity contribution is 9.10. The van der Waals surface area contributed by atoms with Crippen LogP contribution in [-0.2, 0) is 7.05 Å². The summed E-state index contributed by atoms with van der Waals surface area (Å²) in [4.78, 5) is 0. The van der Waals surface area contributed by atoms with Crippen LogP contribution in [0.15, 0.2) is 28.9 Å². The van der Waals surface area contributed by atoms with Gasteiger partial charge in [-0.25, -0.2) is 9.82 Å². The van der Waals surface area contributed by atoms with E-state index in [2.05, 4.69) is 26.5 Å². The van der Waals surface area contributed by atoms with E-state index in [0.717, 1.165) is 5.69 Å². The standard InChI is InChI=1S/C12H14BrFN4O/c1-18-12(9(19-2)6-16-18)11(17-15)7-4-3-5-8(14)10(7)13/h3-6,11,17H,15H2,1-2H3. The van der Waals surface area contributed by atoms with Crippen LogP contribution in [0.4, 0.5) is 4.39 Å². The number of aryl methyl sites for hydroxylation is 1. The van der Waals surface area contributed by atoms with Crippen LogP contribution in [0.1, 0.15) is 17.3 Å². The molecule has 5 nitrogen and oxygen atoms in total. The molecule has 1 aromatic heterocycles. The number of nitrogens with one attached hydrogen (secondary N) is 1. The Hall–Kier alpha value is -1.44. The highest BCUT2D eigenvalue weighted by Gasteiger charge is 2.24. The van der Waals surface area contributed by atoms with Gasteiger partial charge in [0.2, 0.25) is 0 Å². The summed E-state index contributed by atoms with van der Waals surface area (Å²) in [6.45, 7) is 0. The van der Waals surface area contributed by atoms with Gasteiger partial charge in [0.25, 0.3) is 0 Å². The Kier molecular flexibility index (Phi) is 4.18. The lowest BCUT2D eigenvalue weighted by molar-refractivity contribution is 0.401. The molecule has 0 bridgehead atoms. The number of aromatic nitrogens is 2. The number of benzene rings is 1. The minimum atomic E-state index is -0.437. The van der Waals surface area contributed by atoms with Gasteiger partial charge in [0.1, 0.15) is 11.5 Å². The maximum Gasteiger partial charge on any atom is 0.161 e. The van der Waals surface area contributed by atoms with E-state index >= 15 is 0 Å². The summed E-state index contributed by atoms with van der Waals surface area (Å²) in [6, 6.07) is 4.35. The molecule has 2 rings (SSSR count). The number of nitrogens with zero attached hydrogens (tertiary/aromatic N) is 2. The second-order valence-corrected chi connectivity index (χ2v) is 4.76. The normalized spacial score (nSPS) is 12.5. The van der Waals surface area contributed by atoms with Gasteiger partial charge in [0, 0.05) is 7.05 Å². The highest BCUT2D eigenvalue weighted by Crippen LogP contribution is 2.33. The average molecular weight is 329 g/mol. The first kappa shape index (κ1) is 14.0. The second-order valence-electron chi connectivity index (χ2n) is 3.96. The molecular formula is C12H14BrFN4O. The molecular weight excluding hydrogens is 315 g/mol. The largest absolute Gasteiger partial charge is 0.493 e. The van der Waals surface area contributed by atoms with Crippen LogP contribution in [0.5, 0.6) is 5.75 Å². The molecule has 0 aliphatic rings. The molecule has 1 atom stereocenters. The number of methoxy groups -OCH3 is 1. The molecule has 0 aliphatic heterocycles. The number of halogens is 2. The SMILES string of the molecule is COc1cnn(C)c1C(NN)c1cccc(F)c1Br. The number of rotatable bonds is 4. The lowest BCUT2D eigenvalue weighted by Crippen LogP contribution is -2.31. The fourth-order valence-electron chi connectivity index (χ4n) is 1.97. The van der Waals surface area contributed by atoms with Crippen LogP contribution >= 0.6 is 15.9 Å². The van der Waals surface area contributed by atoms with Gasteiger partial charge >= 0.3 is 0 Å². The summed E-state index contributed by atoms with van der Waals surface area (Å²) in [7, 11) is 3.32.